The minimum absolute atomic E-state index is 0.450. The van der Waals surface area contributed by atoms with Crippen molar-refractivity contribution in [1.29, 1.82) is 0 Å². The van der Waals surface area contributed by atoms with Crippen LogP contribution in [0.25, 0.3) is 11.3 Å². The van der Waals surface area contributed by atoms with Crippen LogP contribution in [-0.4, -0.2) is 23.1 Å². The normalized spacial score (nSPS) is 11.0. The quantitative estimate of drug-likeness (QED) is 0.868. The molecule has 2 N–H and O–H groups in total. The van der Waals surface area contributed by atoms with Gasteiger partial charge in [0.25, 0.3) is 0 Å². The third-order valence-corrected chi connectivity index (χ3v) is 2.95. The molecule has 0 spiro atoms. The van der Waals surface area contributed by atoms with Gasteiger partial charge in [-0.3, -0.25) is 0 Å². The number of aryl methyl sites for hydroxylation is 1. The van der Waals surface area contributed by atoms with Crippen molar-refractivity contribution in [3.8, 4) is 17.0 Å². The molecule has 0 atom stereocenters. The predicted molar refractivity (Wildman–Crippen MR) is 77.3 cm³/mol. The third-order valence-electron chi connectivity index (χ3n) is 2.95. The van der Waals surface area contributed by atoms with Crippen LogP contribution in [0, 0.1) is 6.92 Å². The third kappa shape index (κ3) is 3.35. The molecule has 0 bridgehead atoms. The van der Waals surface area contributed by atoms with E-state index < -0.39 is 0 Å². The van der Waals surface area contributed by atoms with Gasteiger partial charge in [-0.25, -0.2) is 4.98 Å². The molecular weight excluding hydrogens is 238 g/mol. The topological polar surface area (TPSA) is 49.9 Å². The zero-order valence-electron chi connectivity index (χ0n) is 11.9. The highest BCUT2D eigenvalue weighted by molar-refractivity contribution is 5.63. The minimum atomic E-state index is 0.450. The molecule has 0 aliphatic rings. The maximum Gasteiger partial charge on any atom is 0.121 e. The van der Waals surface area contributed by atoms with E-state index >= 15 is 0 Å². The fourth-order valence-corrected chi connectivity index (χ4v) is 1.96. The Morgan fingerprint density at radius 2 is 2.16 bits per heavy atom. The van der Waals surface area contributed by atoms with E-state index in [0.717, 1.165) is 35.1 Å². The van der Waals surface area contributed by atoms with Crippen LogP contribution in [0.5, 0.6) is 5.75 Å². The van der Waals surface area contributed by atoms with E-state index in [1.807, 2.05) is 31.2 Å². The highest BCUT2D eigenvalue weighted by atomic mass is 16.5. The van der Waals surface area contributed by atoms with Crippen molar-refractivity contribution in [2.45, 2.75) is 33.4 Å². The van der Waals surface area contributed by atoms with Crippen LogP contribution >= 0.6 is 0 Å². The summed E-state index contributed by atoms with van der Waals surface area (Å²) in [6, 6.07) is 8.42. The van der Waals surface area contributed by atoms with Gasteiger partial charge < -0.3 is 15.0 Å². The number of benzene rings is 1. The Balaban J connectivity index is 2.24. The van der Waals surface area contributed by atoms with Crippen LogP contribution in [-0.2, 0) is 6.54 Å². The first-order valence-electron chi connectivity index (χ1n) is 6.53. The van der Waals surface area contributed by atoms with Gasteiger partial charge in [-0.05, 0) is 19.1 Å². The molecule has 4 nitrogen and oxygen atoms in total. The molecule has 19 heavy (non-hydrogen) atoms. The lowest BCUT2D eigenvalue weighted by Gasteiger charge is -2.04. The highest BCUT2D eigenvalue weighted by Crippen LogP contribution is 2.24. The van der Waals surface area contributed by atoms with E-state index in [4.69, 9.17) is 4.74 Å². The Morgan fingerprint density at radius 3 is 2.84 bits per heavy atom. The van der Waals surface area contributed by atoms with E-state index in [9.17, 15) is 0 Å². The summed E-state index contributed by atoms with van der Waals surface area (Å²) in [6.07, 6.45) is 0. The largest absolute Gasteiger partial charge is 0.497 e. The summed E-state index contributed by atoms with van der Waals surface area (Å²) in [7, 11) is 1.68. The molecule has 1 aromatic heterocycles. The van der Waals surface area contributed by atoms with Crippen molar-refractivity contribution >= 4 is 0 Å². The van der Waals surface area contributed by atoms with Gasteiger partial charge in [-0.1, -0.05) is 26.0 Å². The molecule has 1 heterocycles. The first kappa shape index (κ1) is 13.6. The zero-order chi connectivity index (χ0) is 13.8. The van der Waals surface area contributed by atoms with Gasteiger partial charge in [0, 0.05) is 17.3 Å². The second kappa shape index (κ2) is 5.89. The van der Waals surface area contributed by atoms with Gasteiger partial charge in [-0.2, -0.15) is 0 Å². The summed E-state index contributed by atoms with van der Waals surface area (Å²) in [5.41, 5.74) is 3.14. The molecule has 0 saturated carbocycles. The fraction of sp³-hybridized carbons (Fsp3) is 0.400. The summed E-state index contributed by atoms with van der Waals surface area (Å²) in [5, 5.41) is 3.36. The zero-order valence-corrected chi connectivity index (χ0v) is 11.9. The number of imidazole rings is 1. The van der Waals surface area contributed by atoms with Gasteiger partial charge in [-0.15, -0.1) is 0 Å². The molecule has 2 rings (SSSR count). The molecule has 0 aliphatic carbocycles. The summed E-state index contributed by atoms with van der Waals surface area (Å²) in [5.74, 6) is 1.81. The summed E-state index contributed by atoms with van der Waals surface area (Å²) < 4.78 is 5.25. The summed E-state index contributed by atoms with van der Waals surface area (Å²) in [4.78, 5) is 7.98. The lowest BCUT2D eigenvalue weighted by Crippen LogP contribution is -2.22. The second-order valence-corrected chi connectivity index (χ2v) is 4.92. The predicted octanol–water partition coefficient (Wildman–Crippen LogP) is 2.89. The highest BCUT2D eigenvalue weighted by Gasteiger charge is 2.09. The van der Waals surface area contributed by atoms with Crippen LogP contribution in [0.2, 0.25) is 0 Å². The monoisotopic (exact) mass is 259 g/mol. The molecular formula is C15H21N3O. The Hall–Kier alpha value is -1.81. The molecule has 1 aromatic carbocycles. The van der Waals surface area contributed by atoms with Crippen LogP contribution in [0.3, 0.4) is 0 Å². The van der Waals surface area contributed by atoms with Crippen molar-refractivity contribution < 1.29 is 4.74 Å². The van der Waals surface area contributed by atoms with E-state index in [1.165, 1.54) is 0 Å². The van der Waals surface area contributed by atoms with Gasteiger partial charge in [0.1, 0.15) is 11.6 Å². The number of nitrogens with one attached hydrogen (secondary N) is 2. The maximum atomic E-state index is 5.25. The Labute approximate surface area is 114 Å². The average molecular weight is 259 g/mol. The molecule has 0 amide bonds. The smallest absolute Gasteiger partial charge is 0.121 e. The first-order valence-corrected chi connectivity index (χ1v) is 6.53. The van der Waals surface area contributed by atoms with Crippen molar-refractivity contribution in [3.63, 3.8) is 0 Å². The number of hydrogen-bond donors (Lipinski definition) is 2. The number of aromatic amines is 1. The van der Waals surface area contributed by atoms with Crippen molar-refractivity contribution in [1.82, 2.24) is 15.3 Å². The van der Waals surface area contributed by atoms with Crippen LogP contribution in [0.15, 0.2) is 24.3 Å². The van der Waals surface area contributed by atoms with E-state index in [0.29, 0.717) is 6.04 Å². The maximum absolute atomic E-state index is 5.25. The van der Waals surface area contributed by atoms with Gasteiger partial charge >= 0.3 is 0 Å². The molecule has 0 radical (unpaired) electrons. The summed E-state index contributed by atoms with van der Waals surface area (Å²) in [6.45, 7) is 7.04. The van der Waals surface area contributed by atoms with Gasteiger partial charge in [0.05, 0.1) is 19.3 Å². The van der Waals surface area contributed by atoms with Crippen molar-refractivity contribution in [2.75, 3.05) is 7.11 Å². The number of nitrogens with zero attached hydrogens (tertiary/aromatic N) is 1. The minimum Gasteiger partial charge on any atom is -0.497 e. The van der Waals surface area contributed by atoms with Crippen molar-refractivity contribution in [2.24, 2.45) is 0 Å². The molecule has 0 saturated heterocycles. The van der Waals surface area contributed by atoms with Crippen LogP contribution in [0.1, 0.15) is 25.4 Å². The van der Waals surface area contributed by atoms with Crippen LogP contribution in [0.4, 0.5) is 0 Å². The molecule has 0 aliphatic heterocycles. The first-order chi connectivity index (χ1) is 9.10. The Morgan fingerprint density at radius 1 is 1.37 bits per heavy atom. The number of H-pyrrole nitrogens is 1. The number of aromatic nitrogens is 2. The fourth-order valence-electron chi connectivity index (χ4n) is 1.96. The van der Waals surface area contributed by atoms with Gasteiger partial charge in [0.2, 0.25) is 0 Å². The van der Waals surface area contributed by atoms with Crippen LogP contribution < -0.4 is 10.1 Å². The number of hydrogen-bond acceptors (Lipinski definition) is 3. The van der Waals surface area contributed by atoms with E-state index in [2.05, 4.69) is 29.1 Å². The lowest BCUT2D eigenvalue weighted by atomic mass is 10.1. The standard InChI is InChI=1S/C15H21N3O/c1-10(2)16-9-14-17-11(3)15(18-14)12-6-5-7-13(8-12)19-4/h5-8,10,16H,9H2,1-4H3,(H,17,18). The Kier molecular flexibility index (Phi) is 4.22. The lowest BCUT2D eigenvalue weighted by molar-refractivity contribution is 0.415. The number of rotatable bonds is 5. The number of ether oxygens (including phenoxy) is 1. The van der Waals surface area contributed by atoms with Gasteiger partial charge in [0.15, 0.2) is 0 Å². The number of methoxy groups -OCH3 is 1. The molecule has 102 valence electrons. The second-order valence-electron chi connectivity index (χ2n) is 4.92. The average Bonchev–Trinajstić information content (AvgIpc) is 2.78. The molecule has 2 aromatic rings. The van der Waals surface area contributed by atoms with Crippen molar-refractivity contribution in [3.05, 3.63) is 35.8 Å². The van der Waals surface area contributed by atoms with E-state index in [-0.39, 0.29) is 0 Å². The molecule has 4 heteroatoms. The SMILES string of the molecule is COc1cccc(-c2nc(CNC(C)C)[nH]c2C)c1. The summed E-state index contributed by atoms with van der Waals surface area (Å²) >= 11 is 0. The Bertz CT molecular complexity index is 546. The molecule has 0 unspecified atom stereocenters. The molecule has 0 fully saturated rings. The van der Waals surface area contributed by atoms with E-state index in [1.54, 1.807) is 7.11 Å².